The first-order valence-electron chi connectivity index (χ1n) is 7.40. The topological polar surface area (TPSA) is 63.7 Å². The number of unbranched alkanes of at least 4 members (excludes halogenated alkanes) is 3. The maximum Gasteiger partial charge on any atom is 0.367 e. The summed E-state index contributed by atoms with van der Waals surface area (Å²) in [4.78, 5) is 40.3. The number of benzene rings is 1. The molecule has 0 aliphatic carbocycles. The van der Waals surface area contributed by atoms with Crippen LogP contribution in [0.25, 0.3) is 0 Å². The van der Waals surface area contributed by atoms with E-state index in [-0.39, 0.29) is 17.5 Å². The van der Waals surface area contributed by atoms with Crippen LogP contribution in [0.3, 0.4) is 0 Å². The summed E-state index contributed by atoms with van der Waals surface area (Å²) in [5.41, 5.74) is 0.303. The van der Waals surface area contributed by atoms with Crippen molar-refractivity contribution in [2.75, 3.05) is 0 Å². The van der Waals surface area contributed by atoms with Crippen molar-refractivity contribution >= 4 is 17.8 Å². The van der Waals surface area contributed by atoms with E-state index in [1.54, 1.807) is 12.1 Å². The first-order valence-corrected chi connectivity index (χ1v) is 7.40. The van der Waals surface area contributed by atoms with E-state index < -0.39 is 24.0 Å². The summed E-state index contributed by atoms with van der Waals surface area (Å²) in [6.07, 6.45) is 1.57. The van der Waals surface area contributed by atoms with Gasteiger partial charge in [-0.05, 0) is 25.0 Å². The molecule has 1 aromatic carbocycles. The van der Waals surface area contributed by atoms with Gasteiger partial charge in [-0.3, -0.25) is 9.59 Å². The molecule has 1 aromatic rings. The number of hydrogen-bond acceptors (Lipinski definition) is 4. The predicted octanol–water partition coefficient (Wildman–Crippen LogP) is 3.05. The molecule has 2 amide bonds. The van der Waals surface area contributed by atoms with Crippen LogP contribution in [0.5, 0.6) is 0 Å². The third-order valence-corrected chi connectivity index (χ3v) is 3.50. The van der Waals surface area contributed by atoms with Crippen molar-refractivity contribution in [3.05, 3.63) is 35.4 Å². The minimum Gasteiger partial charge on any atom is -0.326 e. The second-order valence-electron chi connectivity index (χ2n) is 5.18. The summed E-state index contributed by atoms with van der Waals surface area (Å²) < 4.78 is 13.7. The van der Waals surface area contributed by atoms with Crippen molar-refractivity contribution in [2.45, 2.75) is 45.2 Å². The van der Waals surface area contributed by atoms with E-state index in [0.717, 1.165) is 19.3 Å². The Morgan fingerprint density at radius 3 is 2.27 bits per heavy atom. The van der Waals surface area contributed by atoms with Crippen molar-refractivity contribution in [2.24, 2.45) is 0 Å². The smallest absolute Gasteiger partial charge is 0.326 e. The van der Waals surface area contributed by atoms with Crippen LogP contribution in [0, 0.1) is 0 Å². The average Bonchev–Trinajstić information content (AvgIpc) is 2.77. The molecule has 0 bridgehead atoms. The lowest BCUT2D eigenvalue weighted by atomic mass is 10.1. The number of carbonyl (C=O) groups excluding carboxylic acids is 3. The highest BCUT2D eigenvalue weighted by Crippen LogP contribution is 2.23. The molecule has 2 rings (SSSR count). The maximum absolute atomic E-state index is 13.7. The fourth-order valence-corrected chi connectivity index (χ4v) is 2.27. The summed E-state index contributed by atoms with van der Waals surface area (Å²) in [6, 6.07) is 6.12. The molecular formula is C16H18FNO4. The van der Waals surface area contributed by atoms with Gasteiger partial charge >= 0.3 is 5.97 Å². The van der Waals surface area contributed by atoms with E-state index in [9.17, 15) is 18.8 Å². The molecule has 1 unspecified atom stereocenters. The minimum absolute atomic E-state index is 0.0298. The number of alkyl halides is 1. The Morgan fingerprint density at radius 2 is 1.73 bits per heavy atom. The van der Waals surface area contributed by atoms with Gasteiger partial charge in [-0.15, -0.1) is 0 Å². The molecule has 0 spiro atoms. The van der Waals surface area contributed by atoms with Gasteiger partial charge in [0.15, 0.2) is 6.17 Å². The van der Waals surface area contributed by atoms with E-state index in [4.69, 9.17) is 0 Å². The van der Waals surface area contributed by atoms with Crippen LogP contribution in [-0.4, -0.2) is 29.0 Å². The molecule has 118 valence electrons. The summed E-state index contributed by atoms with van der Waals surface area (Å²) in [7, 11) is 0. The Labute approximate surface area is 128 Å². The van der Waals surface area contributed by atoms with Crippen LogP contribution in [0.1, 0.15) is 59.7 Å². The van der Waals surface area contributed by atoms with Crippen molar-refractivity contribution in [3.8, 4) is 0 Å². The SMILES string of the molecule is CCCCCCC(F)C(=O)ON1C(=O)c2ccccc2C1=O. The number of fused-ring (bicyclic) bond motifs is 1. The van der Waals surface area contributed by atoms with Gasteiger partial charge in [0.2, 0.25) is 0 Å². The molecule has 1 aliphatic rings. The average molecular weight is 307 g/mol. The predicted molar refractivity (Wildman–Crippen MR) is 76.7 cm³/mol. The van der Waals surface area contributed by atoms with Gasteiger partial charge in [0.1, 0.15) is 0 Å². The van der Waals surface area contributed by atoms with Crippen LogP contribution in [-0.2, 0) is 9.63 Å². The van der Waals surface area contributed by atoms with E-state index in [0.29, 0.717) is 11.5 Å². The van der Waals surface area contributed by atoms with Crippen LogP contribution < -0.4 is 0 Å². The Balaban J connectivity index is 1.93. The van der Waals surface area contributed by atoms with E-state index in [2.05, 4.69) is 4.84 Å². The highest BCUT2D eigenvalue weighted by atomic mass is 19.1. The van der Waals surface area contributed by atoms with Crippen LogP contribution in [0.2, 0.25) is 0 Å². The molecule has 22 heavy (non-hydrogen) atoms. The number of carbonyl (C=O) groups is 3. The quantitative estimate of drug-likeness (QED) is 0.573. The van der Waals surface area contributed by atoms with Crippen LogP contribution in [0.4, 0.5) is 4.39 Å². The maximum atomic E-state index is 13.7. The zero-order valence-electron chi connectivity index (χ0n) is 12.4. The molecule has 0 aromatic heterocycles. The van der Waals surface area contributed by atoms with Gasteiger partial charge in [0, 0.05) is 0 Å². The molecule has 1 atom stereocenters. The summed E-state index contributed by atoms with van der Waals surface area (Å²) >= 11 is 0. The first kappa shape index (κ1) is 16.1. The Hall–Kier alpha value is -2.24. The largest absolute Gasteiger partial charge is 0.367 e. The fraction of sp³-hybridized carbons (Fsp3) is 0.438. The molecule has 5 nitrogen and oxygen atoms in total. The molecule has 1 aliphatic heterocycles. The van der Waals surface area contributed by atoms with Gasteiger partial charge < -0.3 is 4.84 Å². The number of halogens is 1. The Bertz CT molecular complexity index is 552. The molecule has 0 radical (unpaired) electrons. The van der Waals surface area contributed by atoms with Crippen molar-refractivity contribution in [1.82, 2.24) is 5.06 Å². The number of amides is 2. The summed E-state index contributed by atoms with van der Waals surface area (Å²) in [5, 5.41) is 0.339. The molecule has 0 saturated heterocycles. The summed E-state index contributed by atoms with van der Waals surface area (Å²) in [5.74, 6) is -2.69. The first-order chi connectivity index (χ1) is 10.6. The monoisotopic (exact) mass is 307 g/mol. The number of nitrogens with zero attached hydrogens (tertiary/aromatic N) is 1. The van der Waals surface area contributed by atoms with Crippen LogP contribution in [0.15, 0.2) is 24.3 Å². The zero-order chi connectivity index (χ0) is 16.1. The van der Waals surface area contributed by atoms with E-state index in [1.807, 2.05) is 6.92 Å². The third kappa shape index (κ3) is 3.32. The van der Waals surface area contributed by atoms with Crippen molar-refractivity contribution in [1.29, 1.82) is 0 Å². The lowest BCUT2D eigenvalue weighted by Gasteiger charge is -2.14. The van der Waals surface area contributed by atoms with Gasteiger partial charge in [-0.1, -0.05) is 43.4 Å². The molecule has 0 saturated carbocycles. The van der Waals surface area contributed by atoms with Gasteiger partial charge in [0.05, 0.1) is 11.1 Å². The lowest BCUT2D eigenvalue weighted by Crippen LogP contribution is -2.35. The van der Waals surface area contributed by atoms with Crippen molar-refractivity contribution in [3.63, 3.8) is 0 Å². The number of rotatable bonds is 7. The van der Waals surface area contributed by atoms with Gasteiger partial charge in [0.25, 0.3) is 11.8 Å². The highest BCUT2D eigenvalue weighted by molar-refractivity contribution is 6.20. The molecule has 0 fully saturated rings. The molecule has 1 heterocycles. The normalized spacial score (nSPS) is 14.9. The second kappa shape index (κ2) is 7.15. The summed E-state index contributed by atoms with van der Waals surface area (Å²) in [6.45, 7) is 2.03. The zero-order valence-corrected chi connectivity index (χ0v) is 12.4. The number of hydroxylamine groups is 2. The minimum atomic E-state index is -1.83. The third-order valence-electron chi connectivity index (χ3n) is 3.50. The Morgan fingerprint density at radius 1 is 1.14 bits per heavy atom. The standard InChI is InChI=1S/C16H18FNO4/c1-2-3-4-5-10-13(17)16(21)22-18-14(19)11-8-6-7-9-12(11)15(18)20/h6-9,13H,2-5,10H2,1H3. The van der Waals surface area contributed by atoms with Gasteiger partial charge in [-0.2, -0.15) is 0 Å². The number of imide groups is 1. The molecule has 0 N–H and O–H groups in total. The molecular weight excluding hydrogens is 289 g/mol. The van der Waals surface area contributed by atoms with Gasteiger partial charge in [-0.25, -0.2) is 9.18 Å². The lowest BCUT2D eigenvalue weighted by molar-refractivity contribution is -0.174. The van der Waals surface area contributed by atoms with Crippen molar-refractivity contribution < 1.29 is 23.6 Å². The number of hydrogen-bond donors (Lipinski definition) is 0. The van der Waals surface area contributed by atoms with E-state index >= 15 is 0 Å². The fourth-order valence-electron chi connectivity index (χ4n) is 2.27. The second-order valence-corrected chi connectivity index (χ2v) is 5.18. The Kier molecular flexibility index (Phi) is 5.25. The van der Waals surface area contributed by atoms with E-state index in [1.165, 1.54) is 12.1 Å². The van der Waals surface area contributed by atoms with Crippen LogP contribution >= 0.6 is 0 Å². The molecule has 6 heteroatoms. The highest BCUT2D eigenvalue weighted by Gasteiger charge is 2.39.